The largest absolute Gasteiger partial charge is 0.353 e. The number of alkyl halides is 2. The first-order valence-electron chi connectivity index (χ1n) is 11.4. The number of hydrogen-bond acceptors (Lipinski definition) is 12. The van der Waals surface area contributed by atoms with E-state index in [4.69, 9.17) is 10.8 Å². The number of piperazine rings is 1. The van der Waals surface area contributed by atoms with E-state index in [1.165, 1.54) is 34.2 Å². The van der Waals surface area contributed by atoms with Gasteiger partial charge in [0.25, 0.3) is 6.43 Å². The maximum atomic E-state index is 13.3. The zero-order chi connectivity index (χ0) is 27.2. The van der Waals surface area contributed by atoms with Gasteiger partial charge in [0.15, 0.2) is 0 Å². The third-order valence-corrected chi connectivity index (χ3v) is 9.46. The molecule has 1 aliphatic heterocycles. The lowest BCUT2D eigenvalue weighted by Crippen LogP contribution is -2.47. The van der Waals surface area contributed by atoms with Gasteiger partial charge in [0.2, 0.25) is 15.2 Å². The molecule has 0 amide bonds. The third kappa shape index (κ3) is 5.08. The van der Waals surface area contributed by atoms with Crippen LogP contribution in [0, 0.1) is 29.1 Å². The molecule has 200 valence electrons. The fourth-order valence-corrected chi connectivity index (χ4v) is 6.75. The van der Waals surface area contributed by atoms with E-state index in [1.54, 1.807) is 0 Å². The number of aromatic nitrogens is 4. The van der Waals surface area contributed by atoms with Crippen LogP contribution in [0.4, 0.5) is 19.7 Å². The minimum atomic E-state index is -4.13. The average molecular weight is 581 g/mol. The van der Waals surface area contributed by atoms with Gasteiger partial charge in [-0.1, -0.05) is 11.3 Å². The fraction of sp³-hybridized carbons (Fsp3) is 0.429. The Morgan fingerprint density at radius 2 is 1.89 bits per heavy atom. The Balaban J connectivity index is 1.52. The molecule has 2 aliphatic rings. The second-order valence-corrected chi connectivity index (χ2v) is 12.8. The summed E-state index contributed by atoms with van der Waals surface area (Å²) in [6.07, 6.45) is -0.930. The van der Waals surface area contributed by atoms with Crippen LogP contribution in [-0.4, -0.2) is 76.5 Å². The molecular weight excluding hydrogens is 558 g/mol. The Morgan fingerprint density at radius 3 is 2.47 bits per heavy atom. The number of thioether (sulfide) groups is 1. The molecule has 1 saturated carbocycles. The first-order valence-corrected chi connectivity index (χ1v) is 14.5. The van der Waals surface area contributed by atoms with Crippen molar-refractivity contribution < 1.29 is 17.2 Å². The highest BCUT2D eigenvalue weighted by Gasteiger charge is 2.47. The van der Waals surface area contributed by atoms with Crippen LogP contribution in [0.3, 0.4) is 0 Å². The summed E-state index contributed by atoms with van der Waals surface area (Å²) in [6.45, 7) is 4.07. The van der Waals surface area contributed by atoms with Gasteiger partial charge in [0.05, 0.1) is 28.2 Å². The maximum Gasteiger partial charge on any atom is 0.285 e. The number of pyridine rings is 1. The van der Waals surface area contributed by atoms with Crippen molar-refractivity contribution in [1.29, 1.82) is 16.1 Å². The molecule has 0 aromatic carbocycles. The lowest BCUT2D eigenvalue weighted by Gasteiger charge is -2.35. The van der Waals surface area contributed by atoms with Crippen LogP contribution < -0.4 is 14.5 Å². The molecule has 38 heavy (non-hydrogen) atoms. The summed E-state index contributed by atoms with van der Waals surface area (Å²) in [5, 5.41) is 38.0. The van der Waals surface area contributed by atoms with E-state index in [-0.39, 0.29) is 32.8 Å². The van der Waals surface area contributed by atoms with Gasteiger partial charge in [-0.2, -0.15) is 15.1 Å². The minimum Gasteiger partial charge on any atom is -0.353 e. The van der Waals surface area contributed by atoms with E-state index < -0.39 is 27.0 Å². The molecule has 17 heteroatoms. The molecule has 2 fully saturated rings. The Labute approximate surface area is 224 Å². The van der Waals surface area contributed by atoms with Crippen LogP contribution in [0.2, 0.25) is 0 Å². The lowest BCUT2D eigenvalue weighted by atomic mass is 10.2. The van der Waals surface area contributed by atoms with Crippen LogP contribution in [0.15, 0.2) is 23.2 Å². The highest BCUT2D eigenvalue weighted by atomic mass is 32.2. The number of anilines is 2. The van der Waals surface area contributed by atoms with Crippen molar-refractivity contribution in [3.05, 3.63) is 28.9 Å². The maximum absolute atomic E-state index is 13.3. The van der Waals surface area contributed by atoms with E-state index in [1.807, 2.05) is 17.9 Å². The molecule has 12 nitrogen and oxygen atoms in total. The van der Waals surface area contributed by atoms with Crippen molar-refractivity contribution in [2.45, 2.75) is 36.6 Å². The van der Waals surface area contributed by atoms with Crippen LogP contribution in [0.1, 0.15) is 23.4 Å². The van der Waals surface area contributed by atoms with Gasteiger partial charge in [-0.15, -0.1) is 10.2 Å². The summed E-state index contributed by atoms with van der Waals surface area (Å²) in [5.41, 5.74) is -0.816. The lowest BCUT2D eigenvalue weighted by molar-refractivity contribution is 0.228. The predicted octanol–water partition coefficient (Wildman–Crippen LogP) is 2.46. The molecule has 1 saturated heterocycles. The molecule has 4 heterocycles. The number of aryl methyl sites for hydroxylation is 1. The van der Waals surface area contributed by atoms with Gasteiger partial charge in [0.1, 0.15) is 26.5 Å². The first kappa shape index (κ1) is 26.4. The molecule has 3 aromatic rings. The molecule has 5 rings (SSSR count). The number of halogens is 2. The van der Waals surface area contributed by atoms with Crippen molar-refractivity contribution in [2.24, 2.45) is 0 Å². The molecule has 1 aliphatic carbocycles. The summed E-state index contributed by atoms with van der Waals surface area (Å²) >= 11 is 1.77. The molecular formula is C21H22F2N10O2S3. The van der Waals surface area contributed by atoms with Gasteiger partial charge in [-0.05, 0) is 37.6 Å². The molecule has 0 unspecified atom stereocenters. The number of nitrogens with zero attached hydrogens (tertiary/aromatic N) is 7. The number of rotatable bonds is 7. The topological polar surface area (TPSA) is 167 Å². The normalized spacial score (nSPS) is 17.1. The summed E-state index contributed by atoms with van der Waals surface area (Å²) in [4.78, 5) is 3.90. The standard InChI is InChI=1S/C21H22F2N10O2S3/c1-12-28-29-20(36-12)32-6-4-31(5-7-32)16-9-13(38(34,35)30-21(11-24)2-3-21)8-15-14(10-27-33(15)16)18(25)37-19(26)17(22)23/h8-10,17,25-26,30H,2-7H2,1H3. The van der Waals surface area contributed by atoms with Gasteiger partial charge in [-0.3, -0.25) is 10.8 Å². The molecule has 3 N–H and O–H groups in total. The van der Waals surface area contributed by atoms with E-state index in [9.17, 15) is 22.5 Å². The summed E-state index contributed by atoms with van der Waals surface area (Å²) in [5.74, 6) is 0.436. The molecule has 0 bridgehead atoms. The Hall–Kier alpha value is -3.20. The van der Waals surface area contributed by atoms with E-state index in [2.05, 4.69) is 24.9 Å². The quantitative estimate of drug-likeness (QED) is 0.281. The first-order chi connectivity index (χ1) is 18.0. The van der Waals surface area contributed by atoms with Crippen LogP contribution in [0.25, 0.3) is 5.52 Å². The molecule has 0 spiro atoms. The second kappa shape index (κ2) is 9.84. The van der Waals surface area contributed by atoms with Crippen molar-refractivity contribution >= 4 is 59.7 Å². The van der Waals surface area contributed by atoms with E-state index in [0.29, 0.717) is 44.8 Å². The van der Waals surface area contributed by atoms with Crippen LogP contribution >= 0.6 is 23.1 Å². The summed E-state index contributed by atoms with van der Waals surface area (Å²) < 4.78 is 56.4. The van der Waals surface area contributed by atoms with E-state index >= 15 is 0 Å². The zero-order valence-electron chi connectivity index (χ0n) is 20.0. The predicted molar refractivity (Wildman–Crippen MR) is 140 cm³/mol. The monoisotopic (exact) mass is 580 g/mol. The summed E-state index contributed by atoms with van der Waals surface area (Å²) in [6, 6.07) is 4.78. The van der Waals surface area contributed by atoms with Gasteiger partial charge in [-0.25, -0.2) is 21.7 Å². The van der Waals surface area contributed by atoms with Gasteiger partial charge >= 0.3 is 0 Å². The number of sulfonamides is 1. The minimum absolute atomic E-state index is 0.114. The molecule has 3 aromatic heterocycles. The van der Waals surface area contributed by atoms with Crippen LogP contribution in [-0.2, 0) is 10.0 Å². The number of hydrogen-bond donors (Lipinski definition) is 3. The Kier molecular flexibility index (Phi) is 6.84. The Morgan fingerprint density at radius 1 is 1.21 bits per heavy atom. The second-order valence-electron chi connectivity index (χ2n) is 8.88. The fourth-order valence-electron chi connectivity index (χ4n) is 4.03. The number of nitrogens with one attached hydrogen (secondary N) is 3. The van der Waals surface area contributed by atoms with E-state index in [0.717, 1.165) is 10.1 Å². The Bertz CT molecular complexity index is 1570. The average Bonchev–Trinajstić information content (AvgIpc) is 3.29. The molecule has 0 radical (unpaired) electrons. The van der Waals surface area contributed by atoms with Crippen molar-refractivity contribution in [2.75, 3.05) is 36.0 Å². The van der Waals surface area contributed by atoms with Crippen molar-refractivity contribution in [3.63, 3.8) is 0 Å². The van der Waals surface area contributed by atoms with Crippen LogP contribution in [0.5, 0.6) is 0 Å². The number of fused-ring (bicyclic) bond motifs is 1. The smallest absolute Gasteiger partial charge is 0.285 e. The highest BCUT2D eigenvalue weighted by molar-refractivity contribution is 8.26. The highest BCUT2D eigenvalue weighted by Crippen LogP contribution is 2.37. The van der Waals surface area contributed by atoms with Gasteiger partial charge in [0, 0.05) is 32.2 Å². The van der Waals surface area contributed by atoms with Crippen molar-refractivity contribution in [1.82, 2.24) is 24.5 Å². The SMILES string of the molecule is Cc1nnc(N2CCN(c3cc(S(=O)(=O)NC4(C#N)CC4)cc4c(C(=N)SC(=N)C(F)F)cnn34)CC2)s1. The van der Waals surface area contributed by atoms with Gasteiger partial charge < -0.3 is 9.80 Å². The van der Waals surface area contributed by atoms with Crippen molar-refractivity contribution in [3.8, 4) is 6.07 Å². The zero-order valence-corrected chi connectivity index (χ0v) is 22.4. The molecule has 0 atom stereocenters. The summed E-state index contributed by atoms with van der Waals surface area (Å²) in [7, 11) is -4.13. The number of nitriles is 1. The third-order valence-electron chi connectivity index (χ3n) is 6.22.